The van der Waals surface area contributed by atoms with Gasteiger partial charge in [0.25, 0.3) is 0 Å². The van der Waals surface area contributed by atoms with Crippen molar-refractivity contribution < 1.29 is 0 Å². The number of rotatable bonds is 4. The topological polar surface area (TPSA) is 107 Å². The molecule has 4 rings (SSSR count). The number of nitrogens with one attached hydrogen (secondary N) is 1. The molecule has 0 saturated heterocycles. The first-order valence-corrected chi connectivity index (χ1v) is 7.72. The maximum Gasteiger partial charge on any atom is 0.239 e. The SMILES string of the molecule is NNc1nc(Sc2nnnn2C2CC2)c2ccsc2n1. The lowest BCUT2D eigenvalue weighted by atomic mass is 10.4. The van der Waals surface area contributed by atoms with Crippen LogP contribution < -0.4 is 11.3 Å². The molecule has 1 aliphatic rings. The Bertz CT molecular complexity index is 762. The lowest BCUT2D eigenvalue weighted by Gasteiger charge is -2.05. The second-order valence-corrected chi connectivity index (χ2v) is 6.23. The summed E-state index contributed by atoms with van der Waals surface area (Å²) in [4.78, 5) is 9.60. The van der Waals surface area contributed by atoms with Crippen LogP contribution in [0.4, 0.5) is 5.95 Å². The van der Waals surface area contributed by atoms with Crippen molar-refractivity contribution in [1.29, 1.82) is 0 Å². The Kier molecular flexibility index (Phi) is 2.79. The molecule has 3 heterocycles. The molecule has 0 radical (unpaired) electrons. The Morgan fingerprint density at radius 1 is 1.40 bits per heavy atom. The average molecular weight is 306 g/mol. The third-order valence-electron chi connectivity index (χ3n) is 2.96. The summed E-state index contributed by atoms with van der Waals surface area (Å²) in [6.45, 7) is 0. The highest BCUT2D eigenvalue weighted by Gasteiger charge is 2.28. The molecule has 1 saturated carbocycles. The van der Waals surface area contributed by atoms with Gasteiger partial charge in [0, 0.05) is 5.39 Å². The molecule has 102 valence electrons. The number of nitrogens with zero attached hydrogens (tertiary/aromatic N) is 6. The summed E-state index contributed by atoms with van der Waals surface area (Å²) in [6, 6.07) is 2.42. The maximum atomic E-state index is 5.41. The fraction of sp³-hybridized carbons (Fsp3) is 0.300. The number of hydrazine groups is 1. The van der Waals surface area contributed by atoms with Crippen molar-refractivity contribution in [2.75, 3.05) is 5.43 Å². The average Bonchev–Trinajstić information content (AvgIpc) is 3.01. The van der Waals surface area contributed by atoms with Crippen LogP contribution in [0.2, 0.25) is 0 Å². The smallest absolute Gasteiger partial charge is 0.239 e. The summed E-state index contributed by atoms with van der Waals surface area (Å²) in [6.07, 6.45) is 2.26. The van der Waals surface area contributed by atoms with Gasteiger partial charge in [-0.25, -0.2) is 20.5 Å². The number of tetrazole rings is 1. The monoisotopic (exact) mass is 306 g/mol. The summed E-state index contributed by atoms with van der Waals surface area (Å²) in [7, 11) is 0. The summed E-state index contributed by atoms with van der Waals surface area (Å²) < 4.78 is 1.86. The highest BCUT2D eigenvalue weighted by atomic mass is 32.2. The number of hydrogen-bond donors (Lipinski definition) is 2. The Balaban J connectivity index is 1.77. The van der Waals surface area contributed by atoms with Crippen LogP contribution in [0.15, 0.2) is 21.6 Å². The predicted octanol–water partition coefficient (Wildman–Crippen LogP) is 1.45. The van der Waals surface area contributed by atoms with Crippen molar-refractivity contribution in [1.82, 2.24) is 30.2 Å². The first kappa shape index (κ1) is 12.0. The minimum atomic E-state index is 0.396. The Hall–Kier alpha value is -1.78. The molecule has 0 aliphatic heterocycles. The van der Waals surface area contributed by atoms with Crippen molar-refractivity contribution in [2.24, 2.45) is 5.84 Å². The molecule has 0 aromatic carbocycles. The number of nitrogen functional groups attached to an aromatic ring is 1. The van der Waals surface area contributed by atoms with Gasteiger partial charge in [0.15, 0.2) is 0 Å². The van der Waals surface area contributed by atoms with E-state index in [2.05, 4.69) is 30.9 Å². The van der Waals surface area contributed by atoms with E-state index in [9.17, 15) is 0 Å². The van der Waals surface area contributed by atoms with Gasteiger partial charge in [-0.1, -0.05) is 0 Å². The van der Waals surface area contributed by atoms with Crippen LogP contribution in [0.5, 0.6) is 0 Å². The van der Waals surface area contributed by atoms with E-state index in [1.165, 1.54) is 11.8 Å². The Morgan fingerprint density at radius 3 is 3.10 bits per heavy atom. The van der Waals surface area contributed by atoms with Gasteiger partial charge in [-0.05, 0) is 46.5 Å². The van der Waals surface area contributed by atoms with Gasteiger partial charge in [0.1, 0.15) is 9.86 Å². The largest absolute Gasteiger partial charge is 0.292 e. The molecular weight excluding hydrogens is 296 g/mol. The van der Waals surface area contributed by atoms with Crippen LogP contribution in [-0.4, -0.2) is 30.2 Å². The van der Waals surface area contributed by atoms with Crippen LogP contribution in [0.3, 0.4) is 0 Å². The predicted molar refractivity (Wildman–Crippen MR) is 75.4 cm³/mol. The normalized spacial score (nSPS) is 14.8. The van der Waals surface area contributed by atoms with Crippen molar-refractivity contribution in [3.63, 3.8) is 0 Å². The van der Waals surface area contributed by atoms with Crippen LogP contribution in [0.25, 0.3) is 10.2 Å². The van der Waals surface area contributed by atoms with Gasteiger partial charge in [-0.3, -0.25) is 5.43 Å². The quantitative estimate of drug-likeness (QED) is 0.423. The molecule has 3 aromatic heterocycles. The molecule has 0 amide bonds. The fourth-order valence-electron chi connectivity index (χ4n) is 1.86. The third kappa shape index (κ3) is 2.01. The third-order valence-corrected chi connectivity index (χ3v) is 4.72. The molecular formula is C10H10N8S2. The van der Waals surface area contributed by atoms with Crippen molar-refractivity contribution in [2.45, 2.75) is 29.1 Å². The first-order chi connectivity index (χ1) is 9.85. The molecule has 8 nitrogen and oxygen atoms in total. The molecule has 0 unspecified atom stereocenters. The van der Waals surface area contributed by atoms with Gasteiger partial charge in [-0.15, -0.1) is 16.4 Å². The highest BCUT2D eigenvalue weighted by molar-refractivity contribution is 7.99. The Labute approximate surface area is 121 Å². The van der Waals surface area contributed by atoms with Crippen molar-refractivity contribution in [3.8, 4) is 0 Å². The van der Waals surface area contributed by atoms with Crippen LogP contribution in [0.1, 0.15) is 18.9 Å². The van der Waals surface area contributed by atoms with Gasteiger partial charge in [-0.2, -0.15) is 0 Å². The minimum Gasteiger partial charge on any atom is -0.292 e. The van der Waals surface area contributed by atoms with E-state index >= 15 is 0 Å². The van der Waals surface area contributed by atoms with E-state index in [1.807, 2.05) is 16.1 Å². The standard InChI is InChI=1S/C10H10N8S2/c11-14-9-12-7-6(3-4-19-7)8(13-9)20-10-15-16-17-18(10)5-1-2-5/h3-5H,1-2,11H2,(H,12,13,14). The van der Waals surface area contributed by atoms with Crippen LogP contribution in [0, 0.1) is 0 Å². The highest BCUT2D eigenvalue weighted by Crippen LogP contribution is 2.39. The summed E-state index contributed by atoms with van der Waals surface area (Å²) in [5.41, 5.74) is 2.49. The van der Waals surface area contributed by atoms with Gasteiger partial charge < -0.3 is 0 Å². The number of nitrogens with two attached hydrogens (primary N) is 1. The molecule has 0 atom stereocenters. The summed E-state index contributed by atoms with van der Waals surface area (Å²) in [5.74, 6) is 5.81. The molecule has 1 aliphatic carbocycles. The number of aromatic nitrogens is 6. The van der Waals surface area contributed by atoms with Crippen molar-refractivity contribution >= 4 is 39.3 Å². The van der Waals surface area contributed by atoms with Crippen molar-refractivity contribution in [3.05, 3.63) is 11.4 Å². The van der Waals surface area contributed by atoms with E-state index in [1.54, 1.807) is 11.3 Å². The number of hydrogen-bond acceptors (Lipinski definition) is 9. The number of anilines is 1. The lowest BCUT2D eigenvalue weighted by molar-refractivity contribution is 0.565. The Morgan fingerprint density at radius 2 is 2.30 bits per heavy atom. The van der Waals surface area contributed by atoms with E-state index in [-0.39, 0.29) is 0 Å². The molecule has 0 bridgehead atoms. The molecule has 3 N–H and O–H groups in total. The lowest BCUT2D eigenvalue weighted by Crippen LogP contribution is -2.10. The molecule has 3 aromatic rings. The van der Waals surface area contributed by atoms with E-state index in [0.29, 0.717) is 12.0 Å². The zero-order chi connectivity index (χ0) is 13.5. The zero-order valence-corrected chi connectivity index (χ0v) is 11.9. The fourth-order valence-corrected chi connectivity index (χ4v) is 3.62. The van der Waals surface area contributed by atoms with E-state index < -0.39 is 0 Å². The molecule has 0 spiro atoms. The van der Waals surface area contributed by atoms with Gasteiger partial charge >= 0.3 is 0 Å². The summed E-state index contributed by atoms with van der Waals surface area (Å²) >= 11 is 2.99. The molecule has 20 heavy (non-hydrogen) atoms. The number of thiophene rings is 1. The second kappa shape index (κ2) is 4.65. The van der Waals surface area contributed by atoms with Crippen LogP contribution >= 0.6 is 23.1 Å². The summed E-state index contributed by atoms with van der Waals surface area (Å²) in [5, 5.41) is 16.4. The minimum absolute atomic E-state index is 0.396. The molecule has 10 heteroatoms. The molecule has 1 fully saturated rings. The number of fused-ring (bicyclic) bond motifs is 1. The van der Waals surface area contributed by atoms with E-state index in [0.717, 1.165) is 33.2 Å². The van der Waals surface area contributed by atoms with Crippen LogP contribution in [-0.2, 0) is 0 Å². The maximum absolute atomic E-state index is 5.41. The van der Waals surface area contributed by atoms with Gasteiger partial charge in [0.2, 0.25) is 11.1 Å². The van der Waals surface area contributed by atoms with E-state index in [4.69, 9.17) is 5.84 Å². The van der Waals surface area contributed by atoms with Gasteiger partial charge in [0.05, 0.1) is 6.04 Å². The zero-order valence-electron chi connectivity index (χ0n) is 10.2. The second-order valence-electron chi connectivity index (χ2n) is 4.38. The first-order valence-electron chi connectivity index (χ1n) is 6.03.